The predicted molar refractivity (Wildman–Crippen MR) is 115 cm³/mol. The fourth-order valence-corrected chi connectivity index (χ4v) is 2.70. The maximum Gasteiger partial charge on any atom is 0.187 e. The van der Waals surface area contributed by atoms with Crippen LogP contribution in [0.25, 0.3) is 0 Å². The zero-order valence-corrected chi connectivity index (χ0v) is 17.0. The van der Waals surface area contributed by atoms with Gasteiger partial charge >= 0.3 is 0 Å². The normalized spacial score (nSPS) is 10.5. The second-order valence-corrected chi connectivity index (χ2v) is 6.52. The number of thiocarbonyl (C=S) groups is 1. The first kappa shape index (κ1) is 21.0. The molecule has 8 heteroatoms. The Morgan fingerprint density at radius 2 is 2.11 bits per heavy atom. The quantitative estimate of drug-likeness (QED) is 0.282. The Morgan fingerprint density at radius 1 is 1.30 bits per heavy atom. The van der Waals surface area contributed by atoms with Gasteiger partial charge in [-0.05, 0) is 36.5 Å². The van der Waals surface area contributed by atoms with Gasteiger partial charge in [0.2, 0.25) is 0 Å². The fraction of sp³-hybridized carbons (Fsp3) is 0.158. The van der Waals surface area contributed by atoms with E-state index in [-0.39, 0.29) is 6.61 Å². The molecule has 27 heavy (non-hydrogen) atoms. The summed E-state index contributed by atoms with van der Waals surface area (Å²) in [5, 5.41) is 8.54. The Morgan fingerprint density at radius 3 is 2.81 bits per heavy atom. The third kappa shape index (κ3) is 6.43. The van der Waals surface area contributed by atoms with E-state index in [1.54, 1.807) is 37.6 Å². The number of hydrazone groups is 1. The van der Waals surface area contributed by atoms with Gasteiger partial charge in [-0.3, -0.25) is 5.43 Å². The van der Waals surface area contributed by atoms with Gasteiger partial charge in [-0.1, -0.05) is 41.4 Å². The first-order chi connectivity index (χ1) is 13.0. The number of hydrogen-bond acceptors (Lipinski definition) is 4. The molecule has 0 aliphatic carbocycles. The molecule has 2 N–H and O–H groups in total. The molecule has 0 bridgehead atoms. The van der Waals surface area contributed by atoms with E-state index in [1.165, 1.54) is 0 Å². The Hall–Kier alpha value is -2.28. The number of para-hydroxylation sites is 1. The van der Waals surface area contributed by atoms with Crippen molar-refractivity contribution in [1.29, 1.82) is 0 Å². The Bertz CT molecular complexity index is 844. The van der Waals surface area contributed by atoms with Crippen LogP contribution in [0.4, 0.5) is 0 Å². The van der Waals surface area contributed by atoms with Crippen molar-refractivity contribution < 1.29 is 9.47 Å². The van der Waals surface area contributed by atoms with Crippen LogP contribution in [0.3, 0.4) is 0 Å². The van der Waals surface area contributed by atoms with Crippen LogP contribution in [0.15, 0.2) is 54.2 Å². The molecule has 0 unspecified atom stereocenters. The zero-order chi connectivity index (χ0) is 19.6. The lowest BCUT2D eigenvalue weighted by molar-refractivity contribution is 0.284. The van der Waals surface area contributed by atoms with Crippen molar-refractivity contribution in [3.63, 3.8) is 0 Å². The average Bonchev–Trinajstić information content (AvgIpc) is 2.66. The van der Waals surface area contributed by atoms with Gasteiger partial charge in [0.25, 0.3) is 0 Å². The highest BCUT2D eigenvalue weighted by atomic mass is 35.5. The van der Waals surface area contributed by atoms with Gasteiger partial charge in [-0.2, -0.15) is 5.10 Å². The van der Waals surface area contributed by atoms with Gasteiger partial charge in [0.1, 0.15) is 6.61 Å². The van der Waals surface area contributed by atoms with Crippen molar-refractivity contribution >= 4 is 46.7 Å². The van der Waals surface area contributed by atoms with Crippen LogP contribution in [0.2, 0.25) is 10.0 Å². The molecule has 0 radical (unpaired) electrons. The molecule has 2 aromatic rings. The lowest BCUT2D eigenvalue weighted by Crippen LogP contribution is -2.31. The number of hydrogen-bond donors (Lipinski definition) is 2. The smallest absolute Gasteiger partial charge is 0.187 e. The number of nitrogens with one attached hydrogen (secondary N) is 2. The van der Waals surface area contributed by atoms with E-state index in [0.29, 0.717) is 33.2 Å². The highest BCUT2D eigenvalue weighted by Crippen LogP contribution is 2.31. The van der Waals surface area contributed by atoms with Crippen molar-refractivity contribution in [2.24, 2.45) is 5.10 Å². The van der Waals surface area contributed by atoms with Crippen molar-refractivity contribution in [1.82, 2.24) is 10.7 Å². The molecule has 0 aliphatic heterocycles. The molecule has 0 saturated carbocycles. The monoisotopic (exact) mass is 423 g/mol. The maximum atomic E-state index is 6.21. The van der Waals surface area contributed by atoms with E-state index in [1.807, 2.05) is 18.2 Å². The van der Waals surface area contributed by atoms with Crippen LogP contribution < -0.4 is 20.2 Å². The van der Waals surface area contributed by atoms with E-state index >= 15 is 0 Å². The summed E-state index contributed by atoms with van der Waals surface area (Å²) in [5.41, 5.74) is 4.26. The summed E-state index contributed by atoms with van der Waals surface area (Å²) >= 11 is 17.2. The minimum Gasteiger partial charge on any atom is -0.493 e. The molecule has 0 atom stereocenters. The second-order valence-electron chi connectivity index (χ2n) is 5.27. The maximum absolute atomic E-state index is 6.21. The van der Waals surface area contributed by atoms with Crippen LogP contribution in [0, 0.1) is 0 Å². The van der Waals surface area contributed by atoms with Gasteiger partial charge in [0.05, 0.1) is 13.3 Å². The number of benzene rings is 2. The Kier molecular flexibility index (Phi) is 8.39. The molecular formula is C19H19Cl2N3O2S. The first-order valence-corrected chi connectivity index (χ1v) is 9.13. The lowest BCUT2D eigenvalue weighted by Gasteiger charge is -2.14. The van der Waals surface area contributed by atoms with Crippen molar-refractivity contribution in [3.05, 3.63) is 70.2 Å². The summed E-state index contributed by atoms with van der Waals surface area (Å²) in [6.45, 7) is 4.42. The topological polar surface area (TPSA) is 54.9 Å². The minimum absolute atomic E-state index is 0.254. The number of methoxy groups -OCH3 is 1. The van der Waals surface area contributed by atoms with Crippen LogP contribution >= 0.6 is 35.4 Å². The van der Waals surface area contributed by atoms with Crippen molar-refractivity contribution in [2.45, 2.75) is 6.61 Å². The van der Waals surface area contributed by atoms with E-state index in [9.17, 15) is 0 Å². The molecular weight excluding hydrogens is 405 g/mol. The predicted octanol–water partition coefficient (Wildman–Crippen LogP) is 4.57. The molecule has 0 aliphatic rings. The van der Waals surface area contributed by atoms with E-state index in [0.717, 1.165) is 11.1 Å². The van der Waals surface area contributed by atoms with Gasteiger partial charge in [-0.15, -0.1) is 6.58 Å². The molecule has 0 heterocycles. The second kappa shape index (κ2) is 10.8. The third-order valence-corrected chi connectivity index (χ3v) is 4.22. The standard InChI is InChI=1S/C19H19Cl2N3O2S/c1-3-9-22-19(27)24-23-11-13-5-4-6-17(25-2)18(13)26-12-14-7-8-15(20)10-16(14)21/h3-8,10-11H,1,9,12H2,2H3,(H2,22,24,27)/b23-11-. The molecule has 2 aromatic carbocycles. The fourth-order valence-electron chi connectivity index (χ4n) is 2.10. The van der Waals surface area contributed by atoms with Crippen LogP contribution in [0.1, 0.15) is 11.1 Å². The molecule has 5 nitrogen and oxygen atoms in total. The summed E-state index contributed by atoms with van der Waals surface area (Å²) in [7, 11) is 1.57. The summed E-state index contributed by atoms with van der Waals surface area (Å²) < 4.78 is 11.3. The summed E-state index contributed by atoms with van der Waals surface area (Å²) in [5.74, 6) is 1.12. The molecule has 0 fully saturated rings. The van der Waals surface area contributed by atoms with Crippen LogP contribution in [-0.4, -0.2) is 25.0 Å². The van der Waals surface area contributed by atoms with Crippen molar-refractivity contribution in [3.8, 4) is 11.5 Å². The van der Waals surface area contributed by atoms with E-state index in [2.05, 4.69) is 22.4 Å². The molecule has 0 saturated heterocycles. The SMILES string of the molecule is C=CCNC(=S)N/N=C\c1cccc(OC)c1OCc1ccc(Cl)cc1Cl. The Labute approximate surface area is 174 Å². The third-order valence-electron chi connectivity index (χ3n) is 3.39. The molecule has 0 spiro atoms. The highest BCUT2D eigenvalue weighted by Gasteiger charge is 2.11. The van der Waals surface area contributed by atoms with Crippen LogP contribution in [0.5, 0.6) is 11.5 Å². The number of rotatable bonds is 8. The molecule has 0 amide bonds. The van der Waals surface area contributed by atoms with Gasteiger partial charge in [0.15, 0.2) is 16.6 Å². The van der Waals surface area contributed by atoms with Gasteiger partial charge < -0.3 is 14.8 Å². The van der Waals surface area contributed by atoms with E-state index < -0.39 is 0 Å². The summed E-state index contributed by atoms with van der Waals surface area (Å²) in [4.78, 5) is 0. The molecule has 2 rings (SSSR count). The van der Waals surface area contributed by atoms with Gasteiger partial charge in [-0.25, -0.2) is 0 Å². The van der Waals surface area contributed by atoms with Crippen LogP contribution in [-0.2, 0) is 6.61 Å². The summed E-state index contributed by atoms with van der Waals surface area (Å²) in [6.07, 6.45) is 3.30. The average molecular weight is 424 g/mol. The summed E-state index contributed by atoms with van der Waals surface area (Å²) in [6, 6.07) is 10.8. The van der Waals surface area contributed by atoms with E-state index in [4.69, 9.17) is 44.9 Å². The zero-order valence-electron chi connectivity index (χ0n) is 14.7. The Balaban J connectivity index is 2.14. The largest absolute Gasteiger partial charge is 0.493 e. The lowest BCUT2D eigenvalue weighted by atomic mass is 10.2. The highest BCUT2D eigenvalue weighted by molar-refractivity contribution is 7.80. The number of ether oxygens (including phenoxy) is 2. The minimum atomic E-state index is 0.254. The molecule has 0 aromatic heterocycles. The first-order valence-electron chi connectivity index (χ1n) is 7.96. The molecule has 142 valence electrons. The van der Waals surface area contributed by atoms with Crippen molar-refractivity contribution in [2.75, 3.05) is 13.7 Å². The van der Waals surface area contributed by atoms with Gasteiger partial charge in [0, 0.05) is 27.7 Å². The number of halogens is 2. The number of nitrogens with zero attached hydrogens (tertiary/aromatic N) is 1.